The van der Waals surface area contributed by atoms with Gasteiger partial charge in [0.05, 0.1) is 12.8 Å². The van der Waals surface area contributed by atoms with Gasteiger partial charge in [-0.05, 0) is 55.0 Å². The van der Waals surface area contributed by atoms with Gasteiger partial charge in [-0.3, -0.25) is 10.1 Å². The van der Waals surface area contributed by atoms with Crippen LogP contribution in [0.5, 0.6) is 11.5 Å². The van der Waals surface area contributed by atoms with Crippen LogP contribution in [-0.2, 0) is 4.79 Å². The molecule has 1 amide bonds. The number of carbonyl (C=O) groups excluding carboxylic acids is 1. The highest BCUT2D eigenvalue weighted by Gasteiger charge is 2.14. The second kappa shape index (κ2) is 8.10. The van der Waals surface area contributed by atoms with E-state index < -0.39 is 0 Å². The molecule has 29 heavy (non-hydrogen) atoms. The van der Waals surface area contributed by atoms with Crippen molar-refractivity contribution in [3.63, 3.8) is 0 Å². The first kappa shape index (κ1) is 19.2. The molecule has 0 bridgehead atoms. The Kier molecular flexibility index (Phi) is 5.37. The first-order chi connectivity index (χ1) is 14.0. The summed E-state index contributed by atoms with van der Waals surface area (Å²) < 4.78 is 12.4. The lowest BCUT2D eigenvalue weighted by Gasteiger charge is -2.07. The first-order valence-corrected chi connectivity index (χ1v) is 9.97. The van der Waals surface area contributed by atoms with E-state index in [-0.39, 0.29) is 18.5 Å². The van der Waals surface area contributed by atoms with E-state index in [1.807, 2.05) is 36.6 Å². The second-order valence-electron chi connectivity index (χ2n) is 6.23. The molecule has 0 saturated heterocycles. The number of halogens is 1. The standard InChI is InChI=1S/C20H17ClN4O3S/c1-12-9-15(7-8-16(12)21)28-10-18(26)22-19-23-20-25(24-19)17(11-29-20)13-3-5-14(27-2)6-4-13/h3-9,11H,10H2,1-2H3,(H,22,24,26). The van der Waals surface area contributed by atoms with Gasteiger partial charge in [0, 0.05) is 16.0 Å². The second-order valence-corrected chi connectivity index (χ2v) is 7.47. The van der Waals surface area contributed by atoms with Crippen LogP contribution < -0.4 is 14.8 Å². The van der Waals surface area contributed by atoms with Gasteiger partial charge in [-0.15, -0.1) is 16.4 Å². The SMILES string of the molecule is COc1ccc(-c2csc3nc(NC(=O)COc4ccc(Cl)c(C)c4)nn23)cc1. The molecule has 0 fully saturated rings. The normalized spacial score (nSPS) is 10.9. The molecular formula is C20H17ClN4O3S. The summed E-state index contributed by atoms with van der Waals surface area (Å²) in [5.74, 6) is 1.24. The molecule has 0 aliphatic carbocycles. The summed E-state index contributed by atoms with van der Waals surface area (Å²) >= 11 is 7.43. The fourth-order valence-electron chi connectivity index (χ4n) is 2.71. The quantitative estimate of drug-likeness (QED) is 0.491. The number of fused-ring (bicyclic) bond motifs is 1. The van der Waals surface area contributed by atoms with Crippen molar-refractivity contribution in [2.75, 3.05) is 19.0 Å². The van der Waals surface area contributed by atoms with E-state index in [0.717, 1.165) is 22.6 Å². The minimum Gasteiger partial charge on any atom is -0.497 e. The van der Waals surface area contributed by atoms with Crippen molar-refractivity contribution in [3.8, 4) is 22.8 Å². The summed E-state index contributed by atoms with van der Waals surface area (Å²) in [6, 6.07) is 12.9. The summed E-state index contributed by atoms with van der Waals surface area (Å²) in [5, 5.41) is 9.67. The average Bonchev–Trinajstić information content (AvgIpc) is 3.29. The number of anilines is 1. The van der Waals surface area contributed by atoms with Gasteiger partial charge >= 0.3 is 0 Å². The third kappa shape index (κ3) is 4.18. The lowest BCUT2D eigenvalue weighted by atomic mass is 10.2. The monoisotopic (exact) mass is 428 g/mol. The highest BCUT2D eigenvalue weighted by molar-refractivity contribution is 7.15. The van der Waals surface area contributed by atoms with E-state index in [9.17, 15) is 4.79 Å². The number of thiazole rings is 1. The Morgan fingerprint density at radius 1 is 1.21 bits per heavy atom. The van der Waals surface area contributed by atoms with Gasteiger partial charge in [0.2, 0.25) is 4.96 Å². The predicted molar refractivity (Wildman–Crippen MR) is 113 cm³/mol. The van der Waals surface area contributed by atoms with Crippen LogP contribution in [0.4, 0.5) is 5.95 Å². The van der Waals surface area contributed by atoms with Crippen molar-refractivity contribution >= 4 is 39.8 Å². The number of aryl methyl sites for hydroxylation is 1. The summed E-state index contributed by atoms with van der Waals surface area (Å²) in [6.45, 7) is 1.72. The molecule has 2 aromatic carbocycles. The number of methoxy groups -OCH3 is 1. The smallest absolute Gasteiger partial charge is 0.264 e. The van der Waals surface area contributed by atoms with Crippen molar-refractivity contribution in [2.24, 2.45) is 0 Å². The van der Waals surface area contributed by atoms with Crippen LogP contribution in [0, 0.1) is 6.92 Å². The third-order valence-electron chi connectivity index (χ3n) is 4.22. The highest BCUT2D eigenvalue weighted by Crippen LogP contribution is 2.27. The molecule has 0 aliphatic heterocycles. The molecule has 148 valence electrons. The number of ether oxygens (including phenoxy) is 2. The minimum atomic E-state index is -0.346. The van der Waals surface area contributed by atoms with Crippen LogP contribution in [0.3, 0.4) is 0 Å². The zero-order valence-electron chi connectivity index (χ0n) is 15.7. The zero-order valence-corrected chi connectivity index (χ0v) is 17.3. The van der Waals surface area contributed by atoms with Crippen molar-refractivity contribution in [1.82, 2.24) is 14.6 Å². The van der Waals surface area contributed by atoms with Crippen LogP contribution in [-0.4, -0.2) is 34.2 Å². The number of hydrogen-bond acceptors (Lipinski definition) is 6. The Morgan fingerprint density at radius 2 is 1.97 bits per heavy atom. The molecule has 2 heterocycles. The Labute approximate surface area is 175 Å². The molecule has 0 aliphatic rings. The maximum Gasteiger partial charge on any atom is 0.264 e. The number of hydrogen-bond donors (Lipinski definition) is 1. The van der Waals surface area contributed by atoms with E-state index in [1.165, 1.54) is 11.3 Å². The molecule has 0 radical (unpaired) electrons. The maximum absolute atomic E-state index is 12.2. The fraction of sp³-hybridized carbons (Fsp3) is 0.150. The van der Waals surface area contributed by atoms with Crippen molar-refractivity contribution in [1.29, 1.82) is 0 Å². The number of nitrogens with zero attached hydrogens (tertiary/aromatic N) is 3. The summed E-state index contributed by atoms with van der Waals surface area (Å²) in [6.07, 6.45) is 0. The number of nitrogens with one attached hydrogen (secondary N) is 1. The molecule has 0 saturated carbocycles. The first-order valence-electron chi connectivity index (χ1n) is 8.71. The molecule has 0 spiro atoms. The molecule has 2 aromatic heterocycles. The number of rotatable bonds is 6. The average molecular weight is 429 g/mol. The lowest BCUT2D eigenvalue weighted by molar-refractivity contribution is -0.118. The van der Waals surface area contributed by atoms with Gasteiger partial charge in [-0.2, -0.15) is 4.98 Å². The predicted octanol–water partition coefficient (Wildman–Crippen LogP) is 4.45. The number of carbonyl (C=O) groups is 1. The van der Waals surface area contributed by atoms with E-state index in [2.05, 4.69) is 15.4 Å². The molecular weight excluding hydrogens is 412 g/mol. The van der Waals surface area contributed by atoms with Crippen LogP contribution >= 0.6 is 22.9 Å². The van der Waals surface area contributed by atoms with Gasteiger partial charge in [0.15, 0.2) is 6.61 Å². The summed E-state index contributed by atoms with van der Waals surface area (Å²) in [4.78, 5) is 17.2. The molecule has 9 heteroatoms. The minimum absolute atomic E-state index is 0.154. The van der Waals surface area contributed by atoms with Gasteiger partial charge in [-0.25, -0.2) is 4.52 Å². The summed E-state index contributed by atoms with van der Waals surface area (Å²) in [7, 11) is 1.63. The molecule has 4 aromatic rings. The van der Waals surface area contributed by atoms with Crippen molar-refractivity contribution < 1.29 is 14.3 Å². The van der Waals surface area contributed by atoms with E-state index in [4.69, 9.17) is 21.1 Å². The van der Waals surface area contributed by atoms with Crippen LogP contribution in [0.2, 0.25) is 5.02 Å². The van der Waals surface area contributed by atoms with Crippen LogP contribution in [0.15, 0.2) is 47.8 Å². The maximum atomic E-state index is 12.2. The number of amides is 1. The van der Waals surface area contributed by atoms with E-state index in [0.29, 0.717) is 15.7 Å². The lowest BCUT2D eigenvalue weighted by Crippen LogP contribution is -2.21. The highest BCUT2D eigenvalue weighted by atomic mass is 35.5. The van der Waals surface area contributed by atoms with Gasteiger partial charge in [0.25, 0.3) is 11.9 Å². The molecule has 0 unspecified atom stereocenters. The Morgan fingerprint density at radius 3 is 2.69 bits per heavy atom. The van der Waals surface area contributed by atoms with Crippen molar-refractivity contribution in [2.45, 2.75) is 6.92 Å². The van der Waals surface area contributed by atoms with Gasteiger partial charge < -0.3 is 9.47 Å². The van der Waals surface area contributed by atoms with Crippen LogP contribution in [0.1, 0.15) is 5.56 Å². The Hall–Kier alpha value is -3.10. The fourth-order valence-corrected chi connectivity index (χ4v) is 3.66. The van der Waals surface area contributed by atoms with Gasteiger partial charge in [0.1, 0.15) is 11.5 Å². The number of benzene rings is 2. The van der Waals surface area contributed by atoms with Crippen LogP contribution in [0.25, 0.3) is 16.2 Å². The van der Waals surface area contributed by atoms with Crippen molar-refractivity contribution in [3.05, 3.63) is 58.4 Å². The topological polar surface area (TPSA) is 77.8 Å². The summed E-state index contributed by atoms with van der Waals surface area (Å²) in [5.41, 5.74) is 2.74. The Balaban J connectivity index is 1.44. The van der Waals surface area contributed by atoms with E-state index >= 15 is 0 Å². The third-order valence-corrected chi connectivity index (χ3v) is 5.46. The largest absolute Gasteiger partial charge is 0.497 e. The molecule has 4 rings (SSSR count). The molecule has 7 nitrogen and oxygen atoms in total. The molecule has 0 atom stereocenters. The molecule has 1 N–H and O–H groups in total. The zero-order chi connectivity index (χ0) is 20.4. The number of aromatic nitrogens is 3. The van der Waals surface area contributed by atoms with E-state index in [1.54, 1.807) is 29.8 Å². The van der Waals surface area contributed by atoms with Gasteiger partial charge in [-0.1, -0.05) is 11.6 Å². The Bertz CT molecular complexity index is 1170.